The third kappa shape index (κ3) is 4.57. The van der Waals surface area contributed by atoms with Crippen LogP contribution in [0.2, 0.25) is 0 Å². The second kappa shape index (κ2) is 11.9. The van der Waals surface area contributed by atoms with E-state index in [0.717, 1.165) is 33.5 Å². The van der Waals surface area contributed by atoms with Gasteiger partial charge < -0.3 is 0 Å². The van der Waals surface area contributed by atoms with E-state index in [0.29, 0.717) is 5.25 Å². The van der Waals surface area contributed by atoms with Crippen molar-refractivity contribution in [1.29, 1.82) is 0 Å². The highest BCUT2D eigenvalue weighted by Gasteiger charge is 2.52. The minimum absolute atomic E-state index is 0.316. The Kier molecular flexibility index (Phi) is 7.18. The van der Waals surface area contributed by atoms with Crippen LogP contribution in [-0.2, 0) is 5.41 Å². The highest BCUT2D eigenvalue weighted by Crippen LogP contribution is 2.63. The summed E-state index contributed by atoms with van der Waals surface area (Å²) in [5.41, 5.74) is 14.2. The Hall–Kier alpha value is -5.51. The highest BCUT2D eigenvalue weighted by molar-refractivity contribution is 8.00. The number of allylic oxidation sites excluding steroid dienone is 3. The van der Waals surface area contributed by atoms with E-state index in [9.17, 15) is 0 Å². The predicted molar refractivity (Wildman–Crippen MR) is 206 cm³/mol. The van der Waals surface area contributed by atoms with Gasteiger partial charge in [-0.15, -0.1) is 11.8 Å². The molecule has 7 aromatic rings. The molecular weight excluding hydrogens is 613 g/mol. The summed E-state index contributed by atoms with van der Waals surface area (Å²) in [6.07, 6.45) is 6.72. The quantitative estimate of drug-likeness (QED) is 0.190. The van der Waals surface area contributed by atoms with Crippen molar-refractivity contribution >= 4 is 22.7 Å². The standard InChI is InChI=1S/C46H34N2S/c1-3-4-20-37-30(2)49-42-25-13-11-22-39(42)46(37)38-21-10-8-17-35(38)43-34(19-14-23-40(43)46)31-26-28-33(29-27-31)45-47-41-24-12-9-18-36(41)44(48-45)32-15-6-5-7-16-32/h3-30H,1-2H3/b4-3-,37-20+. The van der Waals surface area contributed by atoms with E-state index in [4.69, 9.17) is 9.97 Å². The lowest BCUT2D eigenvalue weighted by atomic mass is 9.65. The first kappa shape index (κ1) is 29.6. The van der Waals surface area contributed by atoms with Crippen LogP contribution in [-0.4, -0.2) is 15.2 Å². The van der Waals surface area contributed by atoms with E-state index in [-0.39, 0.29) is 5.41 Å². The van der Waals surface area contributed by atoms with Crippen LogP contribution in [0.3, 0.4) is 0 Å². The topological polar surface area (TPSA) is 25.8 Å². The van der Waals surface area contributed by atoms with E-state index < -0.39 is 0 Å². The van der Waals surface area contributed by atoms with E-state index in [1.54, 1.807) is 0 Å². The van der Waals surface area contributed by atoms with Gasteiger partial charge in [0.2, 0.25) is 0 Å². The van der Waals surface area contributed by atoms with Crippen LogP contribution in [0.1, 0.15) is 30.5 Å². The Morgan fingerprint density at radius 3 is 2.10 bits per heavy atom. The molecular formula is C46H34N2S. The highest BCUT2D eigenvalue weighted by atomic mass is 32.2. The fourth-order valence-electron chi connectivity index (χ4n) is 8.04. The summed E-state index contributed by atoms with van der Waals surface area (Å²) in [6.45, 7) is 4.46. The first-order valence-corrected chi connectivity index (χ1v) is 17.8. The van der Waals surface area contributed by atoms with Crippen LogP contribution in [0.5, 0.6) is 0 Å². The smallest absolute Gasteiger partial charge is 0.160 e. The molecule has 2 unspecified atom stereocenters. The van der Waals surface area contributed by atoms with Gasteiger partial charge in [-0.1, -0.05) is 152 Å². The number of rotatable bonds is 4. The monoisotopic (exact) mass is 646 g/mol. The van der Waals surface area contributed by atoms with Gasteiger partial charge in [-0.25, -0.2) is 9.97 Å². The normalized spacial score (nSPS) is 18.6. The Balaban J connectivity index is 1.22. The second-order valence-electron chi connectivity index (χ2n) is 12.8. The Bertz CT molecular complexity index is 2440. The molecule has 0 radical (unpaired) electrons. The summed E-state index contributed by atoms with van der Waals surface area (Å²) in [5.74, 6) is 0.732. The van der Waals surface area contributed by atoms with Crippen molar-refractivity contribution in [2.24, 2.45) is 0 Å². The van der Waals surface area contributed by atoms with Gasteiger partial charge in [0.05, 0.1) is 16.6 Å². The van der Waals surface area contributed by atoms with Gasteiger partial charge in [0, 0.05) is 26.7 Å². The number of fused-ring (bicyclic) bond motifs is 8. The molecule has 0 bridgehead atoms. The summed E-state index contributed by atoms with van der Waals surface area (Å²) in [5, 5.41) is 1.37. The minimum Gasteiger partial charge on any atom is -0.228 e. The molecule has 0 fully saturated rings. The lowest BCUT2D eigenvalue weighted by Crippen LogP contribution is -2.37. The average Bonchev–Trinajstić information content (AvgIpc) is 3.45. The van der Waals surface area contributed by atoms with Gasteiger partial charge in [0.15, 0.2) is 5.82 Å². The first-order valence-electron chi connectivity index (χ1n) is 16.9. The molecule has 1 spiro atoms. The average molecular weight is 647 g/mol. The van der Waals surface area contributed by atoms with Gasteiger partial charge in [-0.2, -0.15) is 0 Å². The van der Waals surface area contributed by atoms with Crippen molar-refractivity contribution in [3.05, 3.63) is 186 Å². The summed E-state index contributed by atoms with van der Waals surface area (Å²) in [7, 11) is 0. The van der Waals surface area contributed by atoms with Gasteiger partial charge in [0.1, 0.15) is 0 Å². The largest absolute Gasteiger partial charge is 0.228 e. The lowest BCUT2D eigenvalue weighted by molar-refractivity contribution is 0.690. The molecule has 3 heteroatoms. The van der Waals surface area contributed by atoms with Crippen LogP contribution in [0.15, 0.2) is 174 Å². The third-order valence-electron chi connectivity index (χ3n) is 10.1. The molecule has 234 valence electrons. The van der Waals surface area contributed by atoms with Gasteiger partial charge >= 0.3 is 0 Å². The summed E-state index contributed by atoms with van der Waals surface area (Å²) in [6, 6.07) is 52.5. The van der Waals surface area contributed by atoms with Gasteiger partial charge in [-0.3, -0.25) is 0 Å². The zero-order valence-corrected chi connectivity index (χ0v) is 28.3. The van der Waals surface area contributed by atoms with Crippen LogP contribution in [0, 0.1) is 0 Å². The maximum atomic E-state index is 5.12. The van der Waals surface area contributed by atoms with Crippen molar-refractivity contribution in [3.8, 4) is 44.9 Å². The molecule has 2 aliphatic rings. The van der Waals surface area contributed by atoms with Crippen molar-refractivity contribution in [2.45, 2.75) is 29.4 Å². The molecule has 1 aromatic heterocycles. The van der Waals surface area contributed by atoms with Crippen molar-refractivity contribution in [3.63, 3.8) is 0 Å². The molecule has 0 saturated heterocycles. The van der Waals surface area contributed by atoms with Crippen LogP contribution in [0.25, 0.3) is 55.8 Å². The van der Waals surface area contributed by atoms with E-state index >= 15 is 0 Å². The molecule has 2 nitrogen and oxygen atoms in total. The Morgan fingerprint density at radius 2 is 1.27 bits per heavy atom. The predicted octanol–water partition coefficient (Wildman–Crippen LogP) is 11.9. The van der Waals surface area contributed by atoms with E-state index in [1.165, 1.54) is 49.4 Å². The molecule has 2 heterocycles. The zero-order chi connectivity index (χ0) is 33.0. The van der Waals surface area contributed by atoms with Crippen molar-refractivity contribution in [1.82, 2.24) is 9.97 Å². The molecule has 49 heavy (non-hydrogen) atoms. The maximum absolute atomic E-state index is 5.12. The zero-order valence-electron chi connectivity index (χ0n) is 27.5. The number of para-hydroxylation sites is 1. The lowest BCUT2D eigenvalue weighted by Gasteiger charge is -2.43. The molecule has 9 rings (SSSR count). The van der Waals surface area contributed by atoms with E-state index in [1.807, 2.05) is 23.9 Å². The molecule has 6 aromatic carbocycles. The van der Waals surface area contributed by atoms with Crippen molar-refractivity contribution in [2.75, 3.05) is 0 Å². The fourth-order valence-corrected chi connectivity index (χ4v) is 9.31. The number of benzene rings is 6. The van der Waals surface area contributed by atoms with Crippen molar-refractivity contribution < 1.29 is 0 Å². The van der Waals surface area contributed by atoms with Gasteiger partial charge in [0.25, 0.3) is 0 Å². The summed E-state index contributed by atoms with van der Waals surface area (Å²) >= 11 is 1.97. The minimum atomic E-state index is -0.366. The second-order valence-corrected chi connectivity index (χ2v) is 14.2. The fraction of sp³-hybridized carbons (Fsp3) is 0.0870. The van der Waals surface area contributed by atoms with Crippen LogP contribution >= 0.6 is 11.8 Å². The van der Waals surface area contributed by atoms with Crippen LogP contribution in [0.4, 0.5) is 0 Å². The summed E-state index contributed by atoms with van der Waals surface area (Å²) < 4.78 is 0. The molecule has 0 amide bonds. The number of thioether (sulfide) groups is 1. The number of aromatic nitrogens is 2. The number of hydrogen-bond donors (Lipinski definition) is 0. The first-order chi connectivity index (χ1) is 24.2. The molecule has 0 saturated carbocycles. The SMILES string of the molecule is C/C=C\C=C1/C(C)Sc2ccccc2C12c1ccccc1-c1c(-c3ccc(-c4nc(-c5ccccc5)c5ccccc5n4)cc3)cccc12. The molecule has 2 atom stereocenters. The Morgan fingerprint density at radius 1 is 0.592 bits per heavy atom. The molecule has 0 N–H and O–H groups in total. The molecule has 1 aliphatic carbocycles. The van der Waals surface area contributed by atoms with Crippen LogP contribution < -0.4 is 0 Å². The third-order valence-corrected chi connectivity index (χ3v) is 11.3. The number of hydrogen-bond acceptors (Lipinski definition) is 3. The van der Waals surface area contributed by atoms with E-state index in [2.05, 4.69) is 166 Å². The molecule has 1 aliphatic heterocycles. The Labute approximate surface area is 291 Å². The maximum Gasteiger partial charge on any atom is 0.160 e. The summed E-state index contributed by atoms with van der Waals surface area (Å²) in [4.78, 5) is 11.5. The number of nitrogens with zero attached hydrogens (tertiary/aromatic N) is 2. The van der Waals surface area contributed by atoms with Gasteiger partial charge in [-0.05, 0) is 70.5 Å².